The summed E-state index contributed by atoms with van der Waals surface area (Å²) in [5.41, 5.74) is 1.62. The molecule has 5 nitrogen and oxygen atoms in total. The molecule has 0 N–H and O–H groups in total. The van der Waals surface area contributed by atoms with Crippen molar-refractivity contribution in [1.82, 2.24) is 4.57 Å². The Bertz CT molecular complexity index is 1080. The fourth-order valence-electron chi connectivity index (χ4n) is 2.81. The van der Waals surface area contributed by atoms with Gasteiger partial charge < -0.3 is 14.0 Å². The molecule has 0 spiro atoms. The molecule has 0 fully saturated rings. The minimum absolute atomic E-state index is 0.146. The zero-order chi connectivity index (χ0) is 18.1. The maximum atomic E-state index is 13.5. The normalized spacial score (nSPS) is 13.3. The smallest absolute Gasteiger partial charge is 0.252 e. The van der Waals surface area contributed by atoms with Crippen LogP contribution in [0.15, 0.2) is 54.0 Å². The van der Waals surface area contributed by atoms with Crippen LogP contribution < -0.4 is 14.3 Å². The maximum absolute atomic E-state index is 13.5. The molecule has 132 valence electrons. The summed E-state index contributed by atoms with van der Waals surface area (Å²) in [6.07, 6.45) is 1.87. The average Bonchev–Trinajstić information content (AvgIpc) is 3.19. The lowest BCUT2D eigenvalue weighted by Crippen LogP contribution is -2.16. The van der Waals surface area contributed by atoms with Crippen molar-refractivity contribution in [2.24, 2.45) is 4.99 Å². The van der Waals surface area contributed by atoms with Gasteiger partial charge in [-0.2, -0.15) is 4.99 Å². The van der Waals surface area contributed by atoms with Gasteiger partial charge in [-0.15, -0.1) is 6.58 Å². The van der Waals surface area contributed by atoms with Gasteiger partial charge in [-0.05, 0) is 35.9 Å². The molecule has 0 saturated carbocycles. The van der Waals surface area contributed by atoms with Gasteiger partial charge in [0.15, 0.2) is 16.3 Å². The molecule has 3 aromatic rings. The molecule has 1 aliphatic rings. The summed E-state index contributed by atoms with van der Waals surface area (Å²) in [5, 5.41) is 0. The monoisotopic (exact) mass is 370 g/mol. The number of carbonyl (C=O) groups excluding carboxylic acids is 1. The summed E-state index contributed by atoms with van der Waals surface area (Å²) in [7, 11) is 0. The summed E-state index contributed by atoms with van der Waals surface area (Å²) in [4.78, 5) is 17.2. The van der Waals surface area contributed by atoms with Crippen molar-refractivity contribution in [2.75, 3.05) is 6.79 Å². The lowest BCUT2D eigenvalue weighted by Gasteiger charge is -2.02. The molecule has 0 atom stereocenters. The van der Waals surface area contributed by atoms with Gasteiger partial charge in [-0.1, -0.05) is 23.5 Å². The number of thiazole rings is 1. The second-order valence-electron chi connectivity index (χ2n) is 5.77. The Morgan fingerprint density at radius 3 is 2.96 bits per heavy atom. The summed E-state index contributed by atoms with van der Waals surface area (Å²) >= 11 is 1.28. The SMILES string of the molecule is C=CCn1c(=NC(=O)Cc2ccc3c(c2)OCO3)sc2cc(F)ccc21. The van der Waals surface area contributed by atoms with Gasteiger partial charge in [-0.25, -0.2) is 4.39 Å². The summed E-state index contributed by atoms with van der Waals surface area (Å²) in [6.45, 7) is 4.42. The zero-order valence-corrected chi connectivity index (χ0v) is 14.6. The molecule has 26 heavy (non-hydrogen) atoms. The third kappa shape index (κ3) is 3.13. The fourth-order valence-corrected chi connectivity index (χ4v) is 3.89. The molecule has 2 aromatic carbocycles. The summed E-state index contributed by atoms with van der Waals surface area (Å²) < 4.78 is 26.7. The Hall–Kier alpha value is -2.93. The van der Waals surface area contributed by atoms with Crippen molar-refractivity contribution in [3.63, 3.8) is 0 Å². The van der Waals surface area contributed by atoms with E-state index >= 15 is 0 Å². The van der Waals surface area contributed by atoms with Crippen LogP contribution in [0, 0.1) is 5.82 Å². The van der Waals surface area contributed by atoms with Crippen LogP contribution in [0.25, 0.3) is 10.2 Å². The minimum Gasteiger partial charge on any atom is -0.454 e. The number of carbonyl (C=O) groups is 1. The zero-order valence-electron chi connectivity index (χ0n) is 13.8. The van der Waals surface area contributed by atoms with Gasteiger partial charge in [0.2, 0.25) is 6.79 Å². The fraction of sp³-hybridized carbons (Fsp3) is 0.158. The highest BCUT2D eigenvalue weighted by molar-refractivity contribution is 7.16. The number of fused-ring (bicyclic) bond motifs is 2. The Balaban J connectivity index is 1.67. The number of amides is 1. The van der Waals surface area contributed by atoms with Crippen molar-refractivity contribution in [3.8, 4) is 11.5 Å². The van der Waals surface area contributed by atoms with E-state index in [1.165, 1.54) is 23.5 Å². The van der Waals surface area contributed by atoms with Crippen LogP contribution in [0.5, 0.6) is 11.5 Å². The molecule has 1 aromatic heterocycles. The highest BCUT2D eigenvalue weighted by Gasteiger charge is 2.15. The van der Waals surface area contributed by atoms with Crippen LogP contribution in [0.3, 0.4) is 0 Å². The molecule has 4 rings (SSSR count). The van der Waals surface area contributed by atoms with E-state index in [2.05, 4.69) is 11.6 Å². The average molecular weight is 370 g/mol. The number of halogens is 1. The predicted octanol–water partition coefficient (Wildman–Crippen LogP) is 3.43. The maximum Gasteiger partial charge on any atom is 0.252 e. The van der Waals surface area contributed by atoms with Gasteiger partial charge in [0.1, 0.15) is 5.82 Å². The van der Waals surface area contributed by atoms with E-state index in [0.717, 1.165) is 15.8 Å². The number of allylic oxidation sites excluding steroid dienone is 1. The van der Waals surface area contributed by atoms with E-state index in [0.29, 0.717) is 22.8 Å². The predicted molar refractivity (Wildman–Crippen MR) is 96.8 cm³/mol. The summed E-state index contributed by atoms with van der Waals surface area (Å²) in [5.74, 6) is 0.708. The molecule has 0 unspecified atom stereocenters. The first-order valence-corrected chi connectivity index (χ1v) is 8.81. The molecule has 0 radical (unpaired) electrons. The number of hydrogen-bond donors (Lipinski definition) is 0. The largest absolute Gasteiger partial charge is 0.454 e. The van der Waals surface area contributed by atoms with Crippen molar-refractivity contribution in [1.29, 1.82) is 0 Å². The number of ether oxygens (including phenoxy) is 2. The van der Waals surface area contributed by atoms with E-state index < -0.39 is 0 Å². The third-order valence-electron chi connectivity index (χ3n) is 3.97. The lowest BCUT2D eigenvalue weighted by atomic mass is 10.1. The van der Waals surface area contributed by atoms with Crippen molar-refractivity contribution < 1.29 is 18.7 Å². The van der Waals surface area contributed by atoms with Crippen LogP contribution in [0.4, 0.5) is 4.39 Å². The molecule has 0 aliphatic carbocycles. The molecule has 2 heterocycles. The van der Waals surface area contributed by atoms with Crippen molar-refractivity contribution in [3.05, 3.63) is 65.2 Å². The van der Waals surface area contributed by atoms with Crippen LogP contribution >= 0.6 is 11.3 Å². The number of aromatic nitrogens is 1. The van der Waals surface area contributed by atoms with Gasteiger partial charge >= 0.3 is 0 Å². The molecular weight excluding hydrogens is 355 g/mol. The first-order valence-electron chi connectivity index (χ1n) is 8.00. The van der Waals surface area contributed by atoms with E-state index in [1.54, 1.807) is 24.3 Å². The summed E-state index contributed by atoms with van der Waals surface area (Å²) in [6, 6.07) is 9.91. The van der Waals surface area contributed by atoms with Gasteiger partial charge in [0.05, 0.1) is 16.6 Å². The molecule has 1 amide bonds. The van der Waals surface area contributed by atoms with E-state index in [-0.39, 0.29) is 24.9 Å². The number of rotatable bonds is 4. The Kier molecular flexibility index (Phi) is 4.30. The van der Waals surface area contributed by atoms with Crippen molar-refractivity contribution >= 4 is 27.5 Å². The van der Waals surface area contributed by atoms with Crippen LogP contribution in [0.2, 0.25) is 0 Å². The van der Waals surface area contributed by atoms with E-state index in [1.807, 2.05) is 10.6 Å². The highest BCUT2D eigenvalue weighted by Crippen LogP contribution is 2.32. The Morgan fingerprint density at radius 2 is 2.12 bits per heavy atom. The first-order chi connectivity index (χ1) is 12.6. The molecule has 0 bridgehead atoms. The topological polar surface area (TPSA) is 52.8 Å². The van der Waals surface area contributed by atoms with Crippen LogP contribution in [-0.4, -0.2) is 17.3 Å². The standard InChI is InChI=1S/C19H15FN2O3S/c1-2-7-22-14-5-4-13(20)10-17(14)26-19(22)21-18(23)9-12-3-6-15-16(8-12)25-11-24-15/h2-6,8,10H,1,7,9,11H2. The highest BCUT2D eigenvalue weighted by atomic mass is 32.1. The van der Waals surface area contributed by atoms with E-state index in [9.17, 15) is 9.18 Å². The number of nitrogens with zero attached hydrogens (tertiary/aromatic N) is 2. The molecule has 1 aliphatic heterocycles. The minimum atomic E-state index is -0.317. The second-order valence-corrected chi connectivity index (χ2v) is 6.77. The van der Waals surface area contributed by atoms with Gasteiger partial charge in [0, 0.05) is 6.54 Å². The Morgan fingerprint density at radius 1 is 1.27 bits per heavy atom. The quantitative estimate of drug-likeness (QED) is 0.661. The number of benzene rings is 2. The molecular formula is C19H15FN2O3S. The van der Waals surface area contributed by atoms with Crippen LogP contribution in [0.1, 0.15) is 5.56 Å². The third-order valence-corrected chi connectivity index (χ3v) is 5.01. The number of hydrogen-bond acceptors (Lipinski definition) is 4. The van der Waals surface area contributed by atoms with E-state index in [4.69, 9.17) is 9.47 Å². The van der Waals surface area contributed by atoms with Crippen LogP contribution in [-0.2, 0) is 17.8 Å². The first kappa shape index (κ1) is 16.5. The lowest BCUT2D eigenvalue weighted by molar-refractivity contribution is -0.117. The second kappa shape index (κ2) is 6.76. The molecule has 7 heteroatoms. The van der Waals surface area contributed by atoms with Gasteiger partial charge in [0.25, 0.3) is 5.91 Å². The van der Waals surface area contributed by atoms with Gasteiger partial charge in [-0.3, -0.25) is 4.79 Å². The Labute approximate surface area is 152 Å². The molecule has 0 saturated heterocycles. The van der Waals surface area contributed by atoms with Crippen molar-refractivity contribution in [2.45, 2.75) is 13.0 Å².